The van der Waals surface area contributed by atoms with Gasteiger partial charge in [0, 0.05) is 57.9 Å². The standard InChI is InChI=1S/C2H8N2.4C2H4O2.BrH.ClH.Fe.K.Na.2H/c3-1-2-4;4*1-2(3)4;;;;;;;/h1-4H2;4*1H3,(H,3,4);2*1H;;;;;/q;;;;;;;;2*+1;2*-1. The third kappa shape index (κ3) is 1950. The van der Waals surface area contributed by atoms with E-state index in [1.165, 1.54) is 0 Å². The second-order valence-corrected chi connectivity index (χ2v) is 2.65. The molecule has 8 N–H and O–H groups in total. The fourth-order valence-electron chi connectivity index (χ4n) is 0. The molecule has 0 aliphatic carbocycles. The quantitative estimate of drug-likeness (QED) is 0.175. The van der Waals surface area contributed by atoms with E-state index < -0.39 is 23.9 Å². The van der Waals surface area contributed by atoms with Crippen LogP contribution in [-0.2, 0) is 36.2 Å². The molecule has 0 saturated carbocycles. The Morgan fingerprint density at radius 2 is 0.760 bits per heavy atom. The van der Waals surface area contributed by atoms with Crippen LogP contribution in [0.2, 0.25) is 0 Å². The van der Waals surface area contributed by atoms with Gasteiger partial charge >= 0.3 is 80.9 Å². The molecule has 0 rings (SSSR count). The molecule has 15 heteroatoms. The Labute approximate surface area is 242 Å². The van der Waals surface area contributed by atoms with Gasteiger partial charge in [-0.05, 0) is 0 Å². The van der Waals surface area contributed by atoms with Gasteiger partial charge in [-0.2, -0.15) is 0 Å². The van der Waals surface area contributed by atoms with Gasteiger partial charge in [0.15, 0.2) is 0 Å². The van der Waals surface area contributed by atoms with Crippen molar-refractivity contribution in [1.29, 1.82) is 0 Å². The fourth-order valence-corrected chi connectivity index (χ4v) is 0. The number of carbonyl (C=O) groups is 4. The molecule has 10 nitrogen and oxygen atoms in total. The zero-order valence-corrected chi connectivity index (χ0v) is 23.9. The molecule has 0 radical (unpaired) electrons. The maximum absolute atomic E-state index is 9.00. The molecule has 0 unspecified atom stereocenters. The normalized spacial score (nSPS) is 5.20. The van der Waals surface area contributed by atoms with Gasteiger partial charge in [-0.3, -0.25) is 19.2 Å². The maximum Gasteiger partial charge on any atom is 1.00 e. The second-order valence-electron chi connectivity index (χ2n) is 2.65. The Bertz CT molecular complexity index is 230. The summed E-state index contributed by atoms with van der Waals surface area (Å²) in [6.07, 6.45) is 0. The molecule has 0 aliphatic heterocycles. The van der Waals surface area contributed by atoms with Crippen molar-refractivity contribution >= 4 is 53.3 Å². The second kappa shape index (κ2) is 63.6. The molecule has 0 fully saturated rings. The summed E-state index contributed by atoms with van der Waals surface area (Å²) in [6.45, 7) is 5.53. The van der Waals surface area contributed by atoms with Crippen molar-refractivity contribution in [3.8, 4) is 0 Å². The topological polar surface area (TPSA) is 201 Å². The summed E-state index contributed by atoms with van der Waals surface area (Å²) in [6, 6.07) is 0. The first-order valence-electron chi connectivity index (χ1n) is 5.03. The molecule has 0 spiro atoms. The molecule has 150 valence electrons. The van der Waals surface area contributed by atoms with Crippen LogP contribution in [0.25, 0.3) is 0 Å². The summed E-state index contributed by atoms with van der Waals surface area (Å²) in [5, 5.41) is 29.7. The molecule has 0 aromatic rings. The maximum atomic E-state index is 9.00. The van der Waals surface area contributed by atoms with Crippen LogP contribution in [0, 0.1) is 0 Å². The van der Waals surface area contributed by atoms with Crippen LogP contribution < -0.4 is 92.4 Å². The first-order chi connectivity index (χ1) is 8.84. The number of nitrogens with two attached hydrogens (primary N) is 2. The summed E-state index contributed by atoms with van der Waals surface area (Å²) in [4.78, 5) is 36.0. The van der Waals surface area contributed by atoms with Crippen LogP contribution >= 0.6 is 29.4 Å². The number of halogens is 2. The van der Waals surface area contributed by atoms with E-state index in [-0.39, 0.29) is 130 Å². The van der Waals surface area contributed by atoms with Gasteiger partial charge in [0.05, 0.1) is 0 Å². The zero-order valence-electron chi connectivity index (χ0n) is 17.2. The fraction of sp³-hybridized carbons (Fsp3) is 0.600. The monoisotopic (exact) mass is 536 g/mol. The van der Waals surface area contributed by atoms with Gasteiger partial charge < -0.3 is 34.7 Å². The van der Waals surface area contributed by atoms with Crippen molar-refractivity contribution in [3.05, 3.63) is 0 Å². The molecule has 0 atom stereocenters. The number of rotatable bonds is 1. The van der Waals surface area contributed by atoms with Gasteiger partial charge in [-0.1, -0.05) is 0 Å². The van der Waals surface area contributed by atoms with Crippen LogP contribution in [-0.4, -0.2) is 57.4 Å². The van der Waals surface area contributed by atoms with Crippen molar-refractivity contribution in [2.24, 2.45) is 11.5 Å². The molecule has 0 bridgehead atoms. The van der Waals surface area contributed by atoms with E-state index in [2.05, 4.69) is 0 Å². The van der Waals surface area contributed by atoms with Gasteiger partial charge in [0.2, 0.25) is 0 Å². The van der Waals surface area contributed by atoms with Crippen molar-refractivity contribution in [2.75, 3.05) is 13.1 Å². The minimum absolute atomic E-state index is 0. The van der Waals surface area contributed by atoms with Crippen molar-refractivity contribution in [3.63, 3.8) is 0 Å². The summed E-state index contributed by atoms with van der Waals surface area (Å²) in [5.74, 6) is -3.33. The number of aliphatic carboxylic acids is 4. The molecule has 25 heavy (non-hydrogen) atoms. The van der Waals surface area contributed by atoms with E-state index in [1.54, 1.807) is 0 Å². The largest absolute Gasteiger partial charge is 1.00 e. The van der Waals surface area contributed by atoms with Gasteiger partial charge in [0.1, 0.15) is 0 Å². The van der Waals surface area contributed by atoms with Crippen LogP contribution in [0.15, 0.2) is 0 Å². The van der Waals surface area contributed by atoms with E-state index in [1.807, 2.05) is 0 Å². The van der Waals surface area contributed by atoms with Crippen LogP contribution in [0.3, 0.4) is 0 Å². The van der Waals surface area contributed by atoms with Crippen LogP contribution in [0.5, 0.6) is 0 Å². The summed E-state index contributed by atoms with van der Waals surface area (Å²) in [5.41, 5.74) is 9.81. The van der Waals surface area contributed by atoms with Crippen LogP contribution in [0.1, 0.15) is 30.5 Å². The predicted molar refractivity (Wildman–Crippen MR) is 91.1 cm³/mol. The molecule has 0 amide bonds. The zero-order chi connectivity index (χ0) is 17.7. The summed E-state index contributed by atoms with van der Waals surface area (Å²) < 4.78 is 0. The Hall–Kier alpha value is 1.73. The van der Waals surface area contributed by atoms with E-state index in [0.29, 0.717) is 13.1 Å². The predicted octanol–water partition coefficient (Wildman–Crippen LogP) is -5.50. The number of hydrogen-bond donors (Lipinski definition) is 6. The van der Waals surface area contributed by atoms with E-state index in [4.69, 9.17) is 51.1 Å². The minimum atomic E-state index is -0.833. The van der Waals surface area contributed by atoms with Crippen molar-refractivity contribution < 1.29 is 140 Å². The third-order valence-corrected chi connectivity index (χ3v) is 0.167. The SMILES string of the molecule is Br.CC(=O)O.CC(=O)O.CC(=O)O.CC(=O)O.Cl.NCCN.[Fe].[H-].[H-].[K+].[Na+]. The minimum Gasteiger partial charge on any atom is -1.00 e. The first kappa shape index (κ1) is 63.2. The Kier molecular flexibility index (Phi) is 161. The summed E-state index contributed by atoms with van der Waals surface area (Å²) >= 11 is 0. The van der Waals surface area contributed by atoms with Gasteiger partial charge in [0.25, 0.3) is 23.9 Å². The molecule has 0 saturated heterocycles. The molecular formula is C10H28BrClFeKN2NaO8. The summed E-state index contributed by atoms with van der Waals surface area (Å²) in [7, 11) is 0. The number of hydrogen-bond acceptors (Lipinski definition) is 6. The van der Waals surface area contributed by atoms with E-state index in [9.17, 15) is 0 Å². The molecule has 0 aliphatic rings. The van der Waals surface area contributed by atoms with Gasteiger partial charge in [-0.15, -0.1) is 29.4 Å². The average molecular weight is 538 g/mol. The molecule has 0 aromatic heterocycles. The van der Waals surface area contributed by atoms with Crippen molar-refractivity contribution in [1.82, 2.24) is 0 Å². The molecular weight excluding hydrogens is 509 g/mol. The molecule has 0 heterocycles. The smallest absolute Gasteiger partial charge is 1.00 e. The third-order valence-electron chi connectivity index (χ3n) is 0.167. The Balaban J connectivity index is -0.00000000978. The Morgan fingerprint density at radius 1 is 0.720 bits per heavy atom. The number of carboxylic acids is 4. The van der Waals surface area contributed by atoms with Crippen molar-refractivity contribution in [2.45, 2.75) is 27.7 Å². The molecule has 0 aromatic carbocycles. The van der Waals surface area contributed by atoms with Gasteiger partial charge in [-0.25, -0.2) is 0 Å². The average Bonchev–Trinajstić information content (AvgIpc) is 2.13. The van der Waals surface area contributed by atoms with Crippen LogP contribution in [0.4, 0.5) is 0 Å². The Morgan fingerprint density at radius 3 is 0.760 bits per heavy atom. The van der Waals surface area contributed by atoms with E-state index in [0.717, 1.165) is 27.7 Å². The first-order valence-corrected chi connectivity index (χ1v) is 5.03. The van der Waals surface area contributed by atoms with E-state index >= 15 is 0 Å². The number of carboxylic acid groups (broad SMARTS) is 4.